The Morgan fingerprint density at radius 3 is 2.76 bits per heavy atom. The van der Waals surface area contributed by atoms with E-state index in [-0.39, 0.29) is 0 Å². The second-order valence-electron chi connectivity index (χ2n) is 6.63. The molecular weight excluding hydrogens is 264 g/mol. The second kappa shape index (κ2) is 8.49. The van der Waals surface area contributed by atoms with E-state index in [9.17, 15) is 0 Å². The predicted molar refractivity (Wildman–Crippen MR) is 84.0 cm³/mol. The lowest BCUT2D eigenvalue weighted by Gasteiger charge is -2.29. The Labute approximate surface area is 128 Å². The van der Waals surface area contributed by atoms with Crippen LogP contribution in [0.3, 0.4) is 0 Å². The Morgan fingerprint density at radius 1 is 1.33 bits per heavy atom. The first-order chi connectivity index (χ1) is 10.2. The Kier molecular flexibility index (Phi) is 6.64. The van der Waals surface area contributed by atoms with Gasteiger partial charge < -0.3 is 9.84 Å². The van der Waals surface area contributed by atoms with E-state index < -0.39 is 0 Å². The molecule has 5 heteroatoms. The van der Waals surface area contributed by atoms with E-state index in [1.807, 2.05) is 0 Å². The molecule has 0 aromatic carbocycles. The molecule has 1 N–H and O–H groups in total. The summed E-state index contributed by atoms with van der Waals surface area (Å²) in [5, 5.41) is 7.58. The molecule has 1 aromatic heterocycles. The SMILES string of the molecule is CCCN(Cc1noc(CC(C)C)n1)CC1CCNCC1. The molecule has 21 heavy (non-hydrogen) atoms. The highest BCUT2D eigenvalue weighted by atomic mass is 16.5. The first-order valence-electron chi connectivity index (χ1n) is 8.42. The maximum atomic E-state index is 5.35. The molecule has 0 atom stereocenters. The number of piperidine rings is 1. The molecule has 0 saturated carbocycles. The predicted octanol–water partition coefficient (Wildman–Crippen LogP) is 2.48. The summed E-state index contributed by atoms with van der Waals surface area (Å²) in [5.41, 5.74) is 0. The van der Waals surface area contributed by atoms with E-state index in [0.717, 1.165) is 56.8 Å². The molecule has 0 aliphatic carbocycles. The summed E-state index contributed by atoms with van der Waals surface area (Å²) in [4.78, 5) is 7.02. The molecule has 1 aromatic rings. The first-order valence-corrected chi connectivity index (χ1v) is 8.42. The van der Waals surface area contributed by atoms with Crippen LogP contribution in [0.15, 0.2) is 4.52 Å². The lowest BCUT2D eigenvalue weighted by Crippen LogP contribution is -2.36. The van der Waals surface area contributed by atoms with Gasteiger partial charge in [0.15, 0.2) is 5.82 Å². The largest absolute Gasteiger partial charge is 0.339 e. The molecule has 5 nitrogen and oxygen atoms in total. The molecule has 120 valence electrons. The standard InChI is InChI=1S/C16H30N4O/c1-4-9-20(11-14-5-7-17-8-6-14)12-15-18-16(21-19-15)10-13(2)3/h13-14,17H,4-12H2,1-3H3. The lowest BCUT2D eigenvalue weighted by atomic mass is 9.97. The van der Waals surface area contributed by atoms with Crippen LogP contribution in [0.4, 0.5) is 0 Å². The fourth-order valence-electron chi connectivity index (χ4n) is 2.97. The van der Waals surface area contributed by atoms with Gasteiger partial charge in [0.1, 0.15) is 0 Å². The summed E-state index contributed by atoms with van der Waals surface area (Å²) in [6, 6.07) is 0. The molecule has 1 saturated heterocycles. The van der Waals surface area contributed by atoms with Crippen molar-refractivity contribution in [3.8, 4) is 0 Å². The van der Waals surface area contributed by atoms with Gasteiger partial charge in [-0.25, -0.2) is 0 Å². The van der Waals surface area contributed by atoms with Gasteiger partial charge in [0.05, 0.1) is 6.54 Å². The van der Waals surface area contributed by atoms with E-state index in [4.69, 9.17) is 4.52 Å². The number of hydrogen-bond donors (Lipinski definition) is 1. The quantitative estimate of drug-likeness (QED) is 0.798. The van der Waals surface area contributed by atoms with Crippen LogP contribution in [0.25, 0.3) is 0 Å². The van der Waals surface area contributed by atoms with Gasteiger partial charge >= 0.3 is 0 Å². The number of nitrogens with zero attached hydrogens (tertiary/aromatic N) is 3. The van der Waals surface area contributed by atoms with Crippen molar-refractivity contribution >= 4 is 0 Å². The van der Waals surface area contributed by atoms with E-state index >= 15 is 0 Å². The number of aromatic nitrogens is 2. The summed E-state index contributed by atoms with van der Waals surface area (Å²) in [6.45, 7) is 12.0. The number of hydrogen-bond acceptors (Lipinski definition) is 5. The highest BCUT2D eigenvalue weighted by molar-refractivity contribution is 4.88. The van der Waals surface area contributed by atoms with Gasteiger partial charge in [-0.1, -0.05) is 25.9 Å². The van der Waals surface area contributed by atoms with Crippen LogP contribution in [0.2, 0.25) is 0 Å². The van der Waals surface area contributed by atoms with Crippen LogP contribution >= 0.6 is 0 Å². The number of rotatable bonds is 8. The fourth-order valence-corrected chi connectivity index (χ4v) is 2.97. The molecule has 0 bridgehead atoms. The maximum Gasteiger partial charge on any atom is 0.226 e. The topological polar surface area (TPSA) is 54.2 Å². The average Bonchev–Trinajstić information content (AvgIpc) is 2.86. The van der Waals surface area contributed by atoms with Crippen molar-refractivity contribution in [2.75, 3.05) is 26.2 Å². The van der Waals surface area contributed by atoms with E-state index in [1.54, 1.807) is 0 Å². The molecule has 0 radical (unpaired) electrons. The Hall–Kier alpha value is -0.940. The molecule has 2 heterocycles. The van der Waals surface area contributed by atoms with Crippen LogP contribution in [-0.4, -0.2) is 41.2 Å². The third-order valence-electron chi connectivity index (χ3n) is 3.97. The Bertz CT molecular complexity index is 399. The van der Waals surface area contributed by atoms with E-state index in [1.165, 1.54) is 19.3 Å². The van der Waals surface area contributed by atoms with Crippen molar-refractivity contribution in [2.45, 2.75) is 53.0 Å². The minimum atomic E-state index is 0.555. The molecule has 0 unspecified atom stereocenters. The fraction of sp³-hybridized carbons (Fsp3) is 0.875. The summed E-state index contributed by atoms with van der Waals surface area (Å²) < 4.78 is 5.35. The molecule has 1 aliphatic rings. The zero-order valence-corrected chi connectivity index (χ0v) is 13.8. The van der Waals surface area contributed by atoms with Crippen molar-refractivity contribution in [3.63, 3.8) is 0 Å². The highest BCUT2D eigenvalue weighted by Gasteiger charge is 2.18. The van der Waals surface area contributed by atoms with Crippen molar-refractivity contribution in [1.82, 2.24) is 20.4 Å². The first kappa shape index (κ1) is 16.4. The second-order valence-corrected chi connectivity index (χ2v) is 6.63. The molecule has 1 aliphatic heterocycles. The smallest absolute Gasteiger partial charge is 0.226 e. The third-order valence-corrected chi connectivity index (χ3v) is 3.97. The van der Waals surface area contributed by atoms with Gasteiger partial charge in [0, 0.05) is 13.0 Å². The monoisotopic (exact) mass is 294 g/mol. The van der Waals surface area contributed by atoms with Crippen LogP contribution in [-0.2, 0) is 13.0 Å². The third kappa shape index (κ3) is 5.75. The van der Waals surface area contributed by atoms with Gasteiger partial charge in [0.2, 0.25) is 5.89 Å². The van der Waals surface area contributed by atoms with Crippen molar-refractivity contribution in [2.24, 2.45) is 11.8 Å². The summed E-state index contributed by atoms with van der Waals surface area (Å²) in [6.07, 6.45) is 4.60. The normalized spacial score (nSPS) is 17.0. The highest BCUT2D eigenvalue weighted by Crippen LogP contribution is 2.15. The summed E-state index contributed by atoms with van der Waals surface area (Å²) in [7, 11) is 0. The molecule has 0 amide bonds. The van der Waals surface area contributed by atoms with Crippen molar-refractivity contribution in [3.05, 3.63) is 11.7 Å². The summed E-state index contributed by atoms with van der Waals surface area (Å²) >= 11 is 0. The average molecular weight is 294 g/mol. The van der Waals surface area contributed by atoms with Crippen molar-refractivity contribution in [1.29, 1.82) is 0 Å². The number of nitrogens with one attached hydrogen (secondary N) is 1. The minimum Gasteiger partial charge on any atom is -0.339 e. The van der Waals surface area contributed by atoms with E-state index in [2.05, 4.69) is 41.1 Å². The minimum absolute atomic E-state index is 0.555. The van der Waals surface area contributed by atoms with E-state index in [0.29, 0.717) is 5.92 Å². The molecule has 1 fully saturated rings. The summed E-state index contributed by atoms with van der Waals surface area (Å²) in [5.74, 6) is 2.98. The maximum absolute atomic E-state index is 5.35. The van der Waals surface area contributed by atoms with Gasteiger partial charge in [-0.15, -0.1) is 0 Å². The molecular formula is C16H30N4O. The van der Waals surface area contributed by atoms with Gasteiger partial charge in [0.25, 0.3) is 0 Å². The molecule has 0 spiro atoms. The lowest BCUT2D eigenvalue weighted by molar-refractivity contribution is 0.193. The van der Waals surface area contributed by atoms with Crippen molar-refractivity contribution < 1.29 is 4.52 Å². The van der Waals surface area contributed by atoms with Crippen LogP contribution in [0.5, 0.6) is 0 Å². The molecule has 2 rings (SSSR count). The van der Waals surface area contributed by atoms with Crippen LogP contribution in [0.1, 0.15) is 51.7 Å². The van der Waals surface area contributed by atoms with Crippen LogP contribution < -0.4 is 5.32 Å². The Balaban J connectivity index is 1.87. The zero-order chi connectivity index (χ0) is 15.1. The van der Waals surface area contributed by atoms with Gasteiger partial charge in [-0.3, -0.25) is 4.90 Å². The van der Waals surface area contributed by atoms with Crippen LogP contribution in [0, 0.1) is 11.8 Å². The Morgan fingerprint density at radius 2 is 2.10 bits per heavy atom. The van der Waals surface area contributed by atoms with Gasteiger partial charge in [-0.2, -0.15) is 4.98 Å². The zero-order valence-electron chi connectivity index (χ0n) is 13.8. The van der Waals surface area contributed by atoms with Gasteiger partial charge in [-0.05, 0) is 50.7 Å².